The Morgan fingerprint density at radius 1 is 1.39 bits per heavy atom. The molecule has 0 fully saturated rings. The molecular formula is C9H8F3O5S-. The van der Waals surface area contributed by atoms with E-state index in [-0.39, 0.29) is 5.56 Å². The summed E-state index contributed by atoms with van der Waals surface area (Å²) >= 11 is -3.02. The number of aromatic hydroxyl groups is 1. The molecule has 1 atom stereocenters. The van der Waals surface area contributed by atoms with E-state index in [1.165, 1.54) is 6.92 Å². The highest BCUT2D eigenvalue weighted by molar-refractivity contribution is 7.79. The van der Waals surface area contributed by atoms with Crippen LogP contribution in [0.3, 0.4) is 0 Å². The van der Waals surface area contributed by atoms with Crippen molar-refractivity contribution in [2.75, 3.05) is 7.11 Å². The van der Waals surface area contributed by atoms with Gasteiger partial charge >= 0.3 is 6.36 Å². The van der Waals surface area contributed by atoms with E-state index in [0.29, 0.717) is 6.07 Å². The summed E-state index contributed by atoms with van der Waals surface area (Å²) in [5.41, 5.74) is -0.0639. The lowest BCUT2D eigenvalue weighted by atomic mass is 10.2. The molecule has 1 rings (SSSR count). The number of ether oxygens (including phenoxy) is 2. The fourth-order valence-corrected chi connectivity index (χ4v) is 1.77. The second-order valence-electron chi connectivity index (χ2n) is 3.16. The van der Waals surface area contributed by atoms with Gasteiger partial charge in [-0.1, -0.05) is 0 Å². The van der Waals surface area contributed by atoms with Crippen molar-refractivity contribution in [2.45, 2.75) is 18.2 Å². The molecule has 0 aromatic heterocycles. The molecule has 1 aromatic rings. The average Bonchev–Trinajstić information content (AvgIpc) is 2.21. The van der Waals surface area contributed by atoms with E-state index in [1.807, 2.05) is 0 Å². The Morgan fingerprint density at radius 3 is 2.33 bits per heavy atom. The Hall–Kier alpha value is -1.48. The van der Waals surface area contributed by atoms with Gasteiger partial charge in [-0.2, -0.15) is 0 Å². The molecule has 0 aliphatic rings. The molecular weight excluding hydrogens is 277 g/mol. The van der Waals surface area contributed by atoms with E-state index in [2.05, 4.69) is 9.47 Å². The summed E-state index contributed by atoms with van der Waals surface area (Å²) in [5.74, 6) is -2.01. The molecule has 1 aromatic carbocycles. The van der Waals surface area contributed by atoms with Crippen LogP contribution >= 0.6 is 0 Å². The standard InChI is InChI=1S/C9H9F3O5S/c1-4-5(13)3-6(18(14)15)8(7(4)16-2)17-9(10,11)12/h3,13H,1-2H3,(H,14,15)/p-1. The second kappa shape index (κ2) is 5.02. The van der Waals surface area contributed by atoms with Gasteiger partial charge in [0.1, 0.15) is 5.75 Å². The van der Waals surface area contributed by atoms with Gasteiger partial charge in [0.2, 0.25) is 0 Å². The maximum atomic E-state index is 12.2. The Labute approximate surface area is 102 Å². The number of phenols is 1. The highest BCUT2D eigenvalue weighted by Crippen LogP contribution is 2.43. The highest BCUT2D eigenvalue weighted by atomic mass is 32.2. The van der Waals surface area contributed by atoms with Gasteiger partial charge in [0.05, 0.1) is 12.0 Å². The molecule has 1 unspecified atom stereocenters. The van der Waals surface area contributed by atoms with Gasteiger partial charge in [0.15, 0.2) is 11.5 Å². The van der Waals surface area contributed by atoms with Crippen molar-refractivity contribution < 1.29 is 36.5 Å². The van der Waals surface area contributed by atoms with E-state index in [1.54, 1.807) is 0 Å². The number of phenolic OH excluding ortho intramolecular Hbond substituents is 1. The summed E-state index contributed by atoms with van der Waals surface area (Å²) in [5, 5.41) is 9.39. The molecule has 0 radical (unpaired) electrons. The lowest BCUT2D eigenvalue weighted by Crippen LogP contribution is -2.19. The molecule has 0 heterocycles. The van der Waals surface area contributed by atoms with Gasteiger partial charge in [0.25, 0.3) is 0 Å². The first-order valence-electron chi connectivity index (χ1n) is 4.43. The molecule has 0 bridgehead atoms. The van der Waals surface area contributed by atoms with Crippen LogP contribution < -0.4 is 9.47 Å². The fourth-order valence-electron chi connectivity index (χ4n) is 1.28. The van der Waals surface area contributed by atoms with Gasteiger partial charge in [-0.15, -0.1) is 13.2 Å². The minimum Gasteiger partial charge on any atom is -0.768 e. The van der Waals surface area contributed by atoms with Crippen molar-refractivity contribution >= 4 is 11.1 Å². The van der Waals surface area contributed by atoms with Crippen LogP contribution in [0.1, 0.15) is 5.56 Å². The summed E-state index contributed by atoms with van der Waals surface area (Å²) in [6.07, 6.45) is -5.08. The third kappa shape index (κ3) is 3.05. The number of methoxy groups -OCH3 is 1. The number of hydrogen-bond donors (Lipinski definition) is 1. The van der Waals surface area contributed by atoms with Gasteiger partial charge in [-0.25, -0.2) is 0 Å². The van der Waals surface area contributed by atoms with E-state index in [9.17, 15) is 27.0 Å². The van der Waals surface area contributed by atoms with E-state index in [4.69, 9.17) is 0 Å². The Bertz CT molecular complexity index is 486. The van der Waals surface area contributed by atoms with Crippen molar-refractivity contribution in [1.82, 2.24) is 0 Å². The third-order valence-electron chi connectivity index (χ3n) is 2.02. The molecule has 18 heavy (non-hydrogen) atoms. The molecule has 0 aliphatic heterocycles. The van der Waals surface area contributed by atoms with Crippen molar-refractivity contribution in [3.63, 3.8) is 0 Å². The number of rotatable bonds is 3. The monoisotopic (exact) mass is 285 g/mol. The minimum absolute atomic E-state index is 0.0639. The largest absolute Gasteiger partial charge is 0.768 e. The Kier molecular flexibility index (Phi) is 4.07. The predicted octanol–water partition coefficient (Wildman–Crippen LogP) is 1.85. The maximum Gasteiger partial charge on any atom is 0.573 e. The summed E-state index contributed by atoms with van der Waals surface area (Å²) in [6, 6.07) is 0.655. The zero-order chi connectivity index (χ0) is 14.1. The topological polar surface area (TPSA) is 78.8 Å². The predicted molar refractivity (Wildman–Crippen MR) is 53.3 cm³/mol. The third-order valence-corrected chi connectivity index (χ3v) is 2.69. The molecule has 0 aliphatic carbocycles. The van der Waals surface area contributed by atoms with Crippen LogP contribution in [-0.2, 0) is 11.1 Å². The Balaban J connectivity index is 3.52. The minimum atomic E-state index is -5.08. The first kappa shape index (κ1) is 14.6. The number of alkyl halides is 3. The molecule has 5 nitrogen and oxygen atoms in total. The molecule has 0 spiro atoms. The van der Waals surface area contributed by atoms with E-state index in [0.717, 1.165) is 7.11 Å². The van der Waals surface area contributed by atoms with Crippen LogP contribution in [0.2, 0.25) is 0 Å². The maximum absolute atomic E-state index is 12.2. The van der Waals surface area contributed by atoms with Gasteiger partial charge < -0.3 is 19.1 Å². The summed E-state index contributed by atoms with van der Waals surface area (Å²) in [6.45, 7) is 1.26. The van der Waals surface area contributed by atoms with Crippen LogP contribution in [0.15, 0.2) is 11.0 Å². The fraction of sp³-hybridized carbons (Fsp3) is 0.333. The molecule has 0 amide bonds. The lowest BCUT2D eigenvalue weighted by molar-refractivity contribution is -0.276. The van der Waals surface area contributed by atoms with Crippen LogP contribution in [-0.4, -0.2) is 27.3 Å². The number of benzene rings is 1. The zero-order valence-electron chi connectivity index (χ0n) is 9.20. The Morgan fingerprint density at radius 2 is 1.94 bits per heavy atom. The summed E-state index contributed by atoms with van der Waals surface area (Å²) in [4.78, 5) is -0.840. The molecule has 0 saturated carbocycles. The average molecular weight is 285 g/mol. The normalized spacial score (nSPS) is 13.2. The highest BCUT2D eigenvalue weighted by Gasteiger charge is 2.35. The van der Waals surface area contributed by atoms with Crippen LogP contribution in [0.25, 0.3) is 0 Å². The number of hydrogen-bond acceptors (Lipinski definition) is 5. The van der Waals surface area contributed by atoms with Crippen LogP contribution in [0.4, 0.5) is 13.2 Å². The van der Waals surface area contributed by atoms with Crippen LogP contribution in [0.5, 0.6) is 17.2 Å². The number of halogens is 3. The van der Waals surface area contributed by atoms with Crippen molar-refractivity contribution in [3.8, 4) is 17.2 Å². The van der Waals surface area contributed by atoms with Gasteiger partial charge in [-0.3, -0.25) is 4.21 Å². The quantitative estimate of drug-likeness (QED) is 0.857. The molecule has 102 valence electrons. The van der Waals surface area contributed by atoms with Crippen LogP contribution in [0, 0.1) is 6.92 Å². The zero-order valence-corrected chi connectivity index (χ0v) is 10.0. The SMILES string of the molecule is COc1c(C)c(O)cc(S(=O)[O-])c1OC(F)(F)F. The van der Waals surface area contributed by atoms with E-state index < -0.39 is 39.6 Å². The lowest BCUT2D eigenvalue weighted by Gasteiger charge is -2.19. The van der Waals surface area contributed by atoms with E-state index >= 15 is 0 Å². The smallest absolute Gasteiger partial charge is 0.573 e. The molecule has 0 saturated heterocycles. The van der Waals surface area contributed by atoms with Gasteiger partial charge in [0, 0.05) is 5.56 Å². The summed E-state index contributed by atoms with van der Waals surface area (Å²) in [7, 11) is 1.03. The summed E-state index contributed by atoms with van der Waals surface area (Å²) < 4.78 is 66.5. The van der Waals surface area contributed by atoms with Crippen molar-refractivity contribution in [3.05, 3.63) is 11.6 Å². The first-order valence-corrected chi connectivity index (χ1v) is 5.50. The second-order valence-corrected chi connectivity index (χ2v) is 4.07. The molecule has 1 N–H and O–H groups in total. The van der Waals surface area contributed by atoms with Crippen molar-refractivity contribution in [2.24, 2.45) is 0 Å². The van der Waals surface area contributed by atoms with Crippen molar-refractivity contribution in [1.29, 1.82) is 0 Å². The van der Waals surface area contributed by atoms with Gasteiger partial charge in [-0.05, 0) is 24.1 Å². The first-order chi connectivity index (χ1) is 8.17. The molecule has 9 heteroatoms.